The topological polar surface area (TPSA) is 81.8 Å². The maximum Gasteiger partial charge on any atom is 0.271 e. The Bertz CT molecular complexity index is 1240. The number of rotatable bonds is 5. The van der Waals surface area contributed by atoms with Crippen LogP contribution in [0.5, 0.6) is 0 Å². The number of benzene rings is 2. The van der Waals surface area contributed by atoms with Crippen LogP contribution in [0, 0.1) is 12.7 Å². The molecule has 0 fully saturated rings. The van der Waals surface area contributed by atoms with Gasteiger partial charge in [0, 0.05) is 19.2 Å². The van der Waals surface area contributed by atoms with Gasteiger partial charge in [-0.15, -0.1) is 0 Å². The first kappa shape index (κ1) is 18.5. The van der Waals surface area contributed by atoms with Crippen molar-refractivity contribution in [3.05, 3.63) is 88.4 Å². The van der Waals surface area contributed by atoms with Crippen molar-refractivity contribution in [3.63, 3.8) is 0 Å². The van der Waals surface area contributed by atoms with Gasteiger partial charge < -0.3 is 9.88 Å². The molecule has 2 aromatic carbocycles. The first-order valence-corrected chi connectivity index (χ1v) is 9.09. The maximum atomic E-state index is 13.1. The molecule has 2 aromatic heterocycles. The zero-order chi connectivity index (χ0) is 20.4. The summed E-state index contributed by atoms with van der Waals surface area (Å²) >= 11 is 0. The summed E-state index contributed by atoms with van der Waals surface area (Å²) in [6.45, 7) is 2.84. The van der Waals surface area contributed by atoms with Crippen LogP contribution in [-0.2, 0) is 6.54 Å². The molecule has 0 spiro atoms. The number of imidazole rings is 1. The third-order valence-electron chi connectivity index (χ3n) is 4.57. The van der Waals surface area contributed by atoms with Crippen LogP contribution in [-0.4, -0.2) is 31.8 Å². The number of hydrogen-bond donors (Lipinski definition) is 1. The fourth-order valence-electron chi connectivity index (χ4n) is 3.15. The number of nitrogens with zero attached hydrogens (tertiary/aromatic N) is 4. The molecule has 0 aliphatic carbocycles. The number of carbonyl (C=O) groups is 1. The summed E-state index contributed by atoms with van der Waals surface area (Å²) in [5.41, 5.74) is 1.98. The summed E-state index contributed by atoms with van der Waals surface area (Å²) in [6.07, 6.45) is 0. The lowest BCUT2D eigenvalue weighted by atomic mass is 10.3. The van der Waals surface area contributed by atoms with Gasteiger partial charge in [-0.3, -0.25) is 9.59 Å². The van der Waals surface area contributed by atoms with Crippen LogP contribution in [0.2, 0.25) is 0 Å². The Balaban J connectivity index is 1.49. The van der Waals surface area contributed by atoms with Crippen molar-refractivity contribution in [1.29, 1.82) is 0 Å². The van der Waals surface area contributed by atoms with E-state index in [9.17, 15) is 14.0 Å². The second-order valence-electron chi connectivity index (χ2n) is 6.50. The second-order valence-corrected chi connectivity index (χ2v) is 6.50. The van der Waals surface area contributed by atoms with Gasteiger partial charge in [0.1, 0.15) is 17.3 Å². The van der Waals surface area contributed by atoms with Crippen molar-refractivity contribution < 1.29 is 9.18 Å². The molecule has 0 saturated heterocycles. The van der Waals surface area contributed by atoms with E-state index in [0.29, 0.717) is 18.8 Å². The van der Waals surface area contributed by atoms with Crippen molar-refractivity contribution in [2.24, 2.45) is 0 Å². The van der Waals surface area contributed by atoms with Crippen LogP contribution in [0.4, 0.5) is 4.39 Å². The van der Waals surface area contributed by atoms with Gasteiger partial charge in [0.15, 0.2) is 0 Å². The zero-order valence-corrected chi connectivity index (χ0v) is 15.7. The number of aryl methyl sites for hydroxylation is 1. The van der Waals surface area contributed by atoms with Crippen LogP contribution in [0.25, 0.3) is 16.7 Å². The minimum absolute atomic E-state index is 0.0983. The van der Waals surface area contributed by atoms with Gasteiger partial charge in [0.2, 0.25) is 0 Å². The van der Waals surface area contributed by atoms with Gasteiger partial charge in [-0.25, -0.2) is 9.37 Å². The van der Waals surface area contributed by atoms with Crippen LogP contribution in [0.15, 0.2) is 65.5 Å². The normalized spacial score (nSPS) is 11.0. The highest BCUT2D eigenvalue weighted by molar-refractivity contribution is 5.92. The van der Waals surface area contributed by atoms with E-state index >= 15 is 0 Å². The molecule has 0 atom stereocenters. The first-order valence-electron chi connectivity index (χ1n) is 9.09. The van der Waals surface area contributed by atoms with E-state index in [2.05, 4.69) is 15.4 Å². The van der Waals surface area contributed by atoms with Crippen molar-refractivity contribution in [3.8, 4) is 5.69 Å². The smallest absolute Gasteiger partial charge is 0.271 e. The molecular formula is C21H18FN5O2. The Morgan fingerprint density at radius 3 is 2.62 bits per heavy atom. The van der Waals surface area contributed by atoms with E-state index in [1.54, 1.807) is 0 Å². The molecule has 0 aliphatic rings. The Labute approximate surface area is 165 Å². The number of nitrogens with one attached hydrogen (secondary N) is 1. The molecule has 0 unspecified atom stereocenters. The number of aromatic nitrogens is 4. The highest BCUT2D eigenvalue weighted by Crippen LogP contribution is 2.14. The predicted octanol–water partition coefficient (Wildman–Crippen LogP) is 2.46. The van der Waals surface area contributed by atoms with Gasteiger partial charge in [-0.1, -0.05) is 12.1 Å². The minimum atomic E-state index is -0.419. The van der Waals surface area contributed by atoms with Crippen molar-refractivity contribution in [1.82, 2.24) is 24.6 Å². The molecule has 1 amide bonds. The molecule has 0 radical (unpaired) electrons. The van der Waals surface area contributed by atoms with Crippen molar-refractivity contribution in [2.45, 2.75) is 13.5 Å². The fourth-order valence-corrected chi connectivity index (χ4v) is 3.15. The molecule has 2 heterocycles. The Hall–Kier alpha value is -3.81. The van der Waals surface area contributed by atoms with Crippen LogP contribution in [0.3, 0.4) is 0 Å². The molecular weight excluding hydrogens is 373 g/mol. The van der Waals surface area contributed by atoms with Gasteiger partial charge >= 0.3 is 0 Å². The first-order chi connectivity index (χ1) is 14.0. The van der Waals surface area contributed by atoms with E-state index in [1.807, 2.05) is 35.8 Å². The Morgan fingerprint density at radius 2 is 1.83 bits per heavy atom. The highest BCUT2D eigenvalue weighted by atomic mass is 19.1. The summed E-state index contributed by atoms with van der Waals surface area (Å²) in [5.74, 6) is 0.0457. The summed E-state index contributed by atoms with van der Waals surface area (Å²) in [6, 6.07) is 15.8. The van der Waals surface area contributed by atoms with Crippen LogP contribution in [0.1, 0.15) is 16.3 Å². The van der Waals surface area contributed by atoms with E-state index in [1.165, 1.54) is 36.4 Å². The Morgan fingerprint density at radius 1 is 1.07 bits per heavy atom. The molecule has 8 heteroatoms. The number of para-hydroxylation sites is 2. The highest BCUT2D eigenvalue weighted by Gasteiger charge is 2.12. The standard InChI is InChI=1S/C21H18FN5O2/c1-14-24-17-4-2-3-5-19(17)26(14)13-12-23-21(29)18-10-11-20(28)27(25-18)16-8-6-15(22)7-9-16/h2-11H,12-13H2,1H3,(H,23,29). The molecule has 0 saturated carbocycles. The van der Waals surface area contributed by atoms with Crippen molar-refractivity contribution >= 4 is 16.9 Å². The van der Waals surface area contributed by atoms with Gasteiger partial charge in [-0.2, -0.15) is 9.78 Å². The lowest BCUT2D eigenvalue weighted by molar-refractivity contribution is 0.0945. The lowest BCUT2D eigenvalue weighted by Crippen LogP contribution is -2.31. The molecule has 0 aliphatic heterocycles. The number of halogens is 1. The lowest BCUT2D eigenvalue weighted by Gasteiger charge is -2.10. The monoisotopic (exact) mass is 391 g/mol. The van der Waals surface area contributed by atoms with Gasteiger partial charge in [-0.05, 0) is 49.4 Å². The molecule has 4 aromatic rings. The molecule has 4 rings (SSSR count). The van der Waals surface area contributed by atoms with Gasteiger partial charge in [0.25, 0.3) is 11.5 Å². The largest absolute Gasteiger partial charge is 0.349 e. The SMILES string of the molecule is Cc1nc2ccccc2n1CCNC(=O)c1ccc(=O)n(-c2ccc(F)cc2)n1. The molecule has 7 nitrogen and oxygen atoms in total. The van der Waals surface area contributed by atoms with E-state index in [0.717, 1.165) is 21.5 Å². The summed E-state index contributed by atoms with van der Waals surface area (Å²) < 4.78 is 16.2. The summed E-state index contributed by atoms with van der Waals surface area (Å²) in [7, 11) is 0. The third-order valence-corrected chi connectivity index (χ3v) is 4.57. The van der Waals surface area contributed by atoms with Crippen LogP contribution >= 0.6 is 0 Å². The Kier molecular flexibility index (Phi) is 4.90. The van der Waals surface area contributed by atoms with Crippen molar-refractivity contribution in [2.75, 3.05) is 6.54 Å². The number of carbonyl (C=O) groups excluding carboxylic acids is 1. The number of fused-ring (bicyclic) bond motifs is 1. The average molecular weight is 391 g/mol. The molecule has 0 bridgehead atoms. The molecule has 1 N–H and O–H groups in total. The number of amides is 1. The average Bonchev–Trinajstić information content (AvgIpc) is 3.04. The van der Waals surface area contributed by atoms with E-state index in [-0.39, 0.29) is 5.69 Å². The number of hydrogen-bond acceptors (Lipinski definition) is 4. The van der Waals surface area contributed by atoms with E-state index < -0.39 is 17.3 Å². The summed E-state index contributed by atoms with van der Waals surface area (Å²) in [4.78, 5) is 29.1. The minimum Gasteiger partial charge on any atom is -0.349 e. The summed E-state index contributed by atoms with van der Waals surface area (Å²) in [5, 5.41) is 6.92. The van der Waals surface area contributed by atoms with Crippen LogP contribution < -0.4 is 10.9 Å². The maximum absolute atomic E-state index is 13.1. The fraction of sp³-hybridized carbons (Fsp3) is 0.143. The van der Waals surface area contributed by atoms with Gasteiger partial charge in [0.05, 0.1) is 16.7 Å². The molecule has 29 heavy (non-hydrogen) atoms. The molecule has 146 valence electrons. The third kappa shape index (κ3) is 3.77. The zero-order valence-electron chi connectivity index (χ0n) is 15.7. The van der Waals surface area contributed by atoms with E-state index in [4.69, 9.17) is 0 Å². The second kappa shape index (κ2) is 7.67. The quantitative estimate of drug-likeness (QED) is 0.567. The predicted molar refractivity (Wildman–Crippen MR) is 107 cm³/mol.